The summed E-state index contributed by atoms with van der Waals surface area (Å²) in [5, 5.41) is 14.3. The van der Waals surface area contributed by atoms with Crippen LogP contribution in [0.4, 0.5) is 5.00 Å². The van der Waals surface area contributed by atoms with Crippen molar-refractivity contribution in [1.29, 1.82) is 0 Å². The van der Waals surface area contributed by atoms with Gasteiger partial charge < -0.3 is 24.7 Å². The number of methoxy groups -OCH3 is 1. The highest BCUT2D eigenvalue weighted by molar-refractivity contribution is 7.98. The van der Waals surface area contributed by atoms with Gasteiger partial charge in [0.1, 0.15) is 23.1 Å². The van der Waals surface area contributed by atoms with E-state index < -0.39 is 0 Å². The molecule has 0 saturated heterocycles. The number of para-hydroxylation sites is 1. The molecule has 0 unspecified atom stereocenters. The number of hydrogen-bond acceptors (Lipinski definition) is 9. The van der Waals surface area contributed by atoms with Crippen molar-refractivity contribution in [3.8, 4) is 5.75 Å². The molecule has 1 aliphatic heterocycles. The van der Waals surface area contributed by atoms with E-state index in [-0.39, 0.29) is 23.7 Å². The van der Waals surface area contributed by atoms with E-state index in [0.29, 0.717) is 29.3 Å². The molecule has 5 rings (SSSR count). The van der Waals surface area contributed by atoms with E-state index >= 15 is 0 Å². The van der Waals surface area contributed by atoms with Gasteiger partial charge in [-0.1, -0.05) is 12.1 Å². The second kappa shape index (κ2) is 8.54. The van der Waals surface area contributed by atoms with Crippen LogP contribution in [0.3, 0.4) is 0 Å². The smallest absolute Gasteiger partial charge is 0.284 e. The molecule has 3 N–H and O–H groups in total. The molecule has 0 amide bonds. The van der Waals surface area contributed by atoms with Crippen LogP contribution in [0.5, 0.6) is 5.75 Å². The summed E-state index contributed by atoms with van der Waals surface area (Å²) in [5.74, 6) is 0.871. The summed E-state index contributed by atoms with van der Waals surface area (Å²) in [6.07, 6.45) is 2.35. The third kappa shape index (κ3) is 3.91. The number of amidine groups is 1. The Morgan fingerprint density at radius 1 is 1.35 bits per heavy atom. The first-order valence-electron chi connectivity index (χ1n) is 9.97. The summed E-state index contributed by atoms with van der Waals surface area (Å²) < 4.78 is 15.1. The number of aliphatic imine (C=N–C) groups is 1. The van der Waals surface area contributed by atoms with Crippen molar-refractivity contribution in [1.82, 2.24) is 9.40 Å². The Balaban J connectivity index is 1.55. The molecule has 162 valence electrons. The molecule has 0 spiro atoms. The number of thiophene rings is 1. The van der Waals surface area contributed by atoms with E-state index in [1.54, 1.807) is 13.2 Å². The summed E-state index contributed by atoms with van der Waals surface area (Å²) >= 11 is 2.84. The fraction of sp³-hybridized carbons (Fsp3) is 0.333. The van der Waals surface area contributed by atoms with Gasteiger partial charge in [0, 0.05) is 24.6 Å². The van der Waals surface area contributed by atoms with Crippen molar-refractivity contribution >= 4 is 45.0 Å². The van der Waals surface area contributed by atoms with E-state index in [0.717, 1.165) is 22.0 Å². The van der Waals surface area contributed by atoms with Crippen LogP contribution in [-0.2, 0) is 16.1 Å². The molecule has 10 heteroatoms. The average molecular weight is 459 g/mol. The van der Waals surface area contributed by atoms with Gasteiger partial charge in [0.05, 0.1) is 17.0 Å². The molecule has 31 heavy (non-hydrogen) atoms. The molecule has 3 aromatic rings. The monoisotopic (exact) mass is 458 g/mol. The van der Waals surface area contributed by atoms with E-state index in [2.05, 4.69) is 15.1 Å². The summed E-state index contributed by atoms with van der Waals surface area (Å²) in [4.78, 5) is 19.0. The molecule has 8 nitrogen and oxygen atoms in total. The maximum absolute atomic E-state index is 13.4. The molecule has 2 aromatic heterocycles. The van der Waals surface area contributed by atoms with Gasteiger partial charge in [0.25, 0.3) is 5.56 Å². The SMILES string of the molecule is COCOCc1csc2c1SNC(c1c(O)c3ccccc3n(NCC3CC3)c1=O)=N2. The molecule has 3 heterocycles. The molecular formula is C21H22N4O4S2. The Hall–Kier alpha value is -2.53. The number of nitrogens with zero attached hydrogens (tertiary/aromatic N) is 2. The molecule has 1 saturated carbocycles. The van der Waals surface area contributed by atoms with Gasteiger partial charge in [-0.05, 0) is 48.2 Å². The zero-order chi connectivity index (χ0) is 21.4. The third-order valence-electron chi connectivity index (χ3n) is 5.25. The standard InChI is InChI=1S/C21H22N4O4S2/c1-28-11-29-9-13-10-30-20-18(13)31-24-19(23-20)16-17(26)14-4-2-3-5-15(14)25(21(16)27)22-8-12-6-7-12/h2-5,10,12,22,26H,6-9,11H2,1H3,(H,23,24). The number of ether oxygens (including phenoxy) is 2. The topological polar surface area (TPSA) is 97.1 Å². The van der Waals surface area contributed by atoms with E-state index in [9.17, 15) is 9.90 Å². The molecule has 0 radical (unpaired) electrons. The minimum atomic E-state index is -0.327. The highest BCUT2D eigenvalue weighted by Crippen LogP contribution is 2.41. The van der Waals surface area contributed by atoms with Gasteiger partial charge in [-0.2, -0.15) is 0 Å². The van der Waals surface area contributed by atoms with E-state index in [4.69, 9.17) is 9.47 Å². The highest BCUT2D eigenvalue weighted by atomic mass is 32.2. The third-order valence-corrected chi connectivity index (χ3v) is 7.25. The van der Waals surface area contributed by atoms with Crippen LogP contribution in [0.1, 0.15) is 24.0 Å². The number of aromatic hydroxyl groups is 1. The Kier molecular flexibility index (Phi) is 5.61. The predicted octanol–water partition coefficient (Wildman–Crippen LogP) is 3.53. The van der Waals surface area contributed by atoms with Gasteiger partial charge in [-0.15, -0.1) is 11.3 Å². The van der Waals surface area contributed by atoms with Gasteiger partial charge in [-0.3, -0.25) is 4.79 Å². The van der Waals surface area contributed by atoms with Crippen LogP contribution in [0.15, 0.2) is 44.3 Å². The van der Waals surface area contributed by atoms with Crippen molar-refractivity contribution < 1.29 is 14.6 Å². The summed E-state index contributed by atoms with van der Waals surface area (Å²) in [7, 11) is 1.58. The molecule has 1 fully saturated rings. The van der Waals surface area contributed by atoms with Crippen molar-refractivity contribution in [2.75, 3.05) is 25.9 Å². The summed E-state index contributed by atoms with van der Waals surface area (Å²) in [6, 6.07) is 7.33. The number of rotatable bonds is 8. The second-order valence-corrected chi connectivity index (χ2v) is 9.18. The lowest BCUT2D eigenvalue weighted by molar-refractivity contribution is -0.0395. The number of aromatic nitrogens is 1. The summed E-state index contributed by atoms with van der Waals surface area (Å²) in [5.41, 5.74) is 4.74. The fourth-order valence-electron chi connectivity index (χ4n) is 3.46. The normalized spacial score (nSPS) is 15.5. The van der Waals surface area contributed by atoms with Crippen LogP contribution < -0.4 is 15.7 Å². The average Bonchev–Trinajstić information content (AvgIpc) is 3.53. The van der Waals surface area contributed by atoms with Gasteiger partial charge in [-0.25, -0.2) is 9.67 Å². The lowest BCUT2D eigenvalue weighted by Crippen LogP contribution is -2.37. The first-order valence-corrected chi connectivity index (χ1v) is 11.7. The Morgan fingerprint density at radius 2 is 2.19 bits per heavy atom. The van der Waals surface area contributed by atoms with E-state index in [1.807, 2.05) is 23.6 Å². The first-order chi connectivity index (χ1) is 15.2. The summed E-state index contributed by atoms with van der Waals surface area (Å²) in [6.45, 7) is 1.36. The lowest BCUT2D eigenvalue weighted by Gasteiger charge is -2.19. The highest BCUT2D eigenvalue weighted by Gasteiger charge is 2.27. The minimum Gasteiger partial charge on any atom is -0.506 e. The molecule has 1 aromatic carbocycles. The van der Waals surface area contributed by atoms with Crippen molar-refractivity contribution in [3.05, 3.63) is 51.1 Å². The van der Waals surface area contributed by atoms with Crippen LogP contribution in [0.25, 0.3) is 10.9 Å². The van der Waals surface area contributed by atoms with Crippen LogP contribution in [0.2, 0.25) is 0 Å². The van der Waals surface area contributed by atoms with Crippen LogP contribution >= 0.6 is 23.3 Å². The van der Waals surface area contributed by atoms with Crippen molar-refractivity contribution in [2.45, 2.75) is 24.3 Å². The predicted molar refractivity (Wildman–Crippen MR) is 123 cm³/mol. The Labute approximate surface area is 187 Å². The van der Waals surface area contributed by atoms with Gasteiger partial charge >= 0.3 is 0 Å². The molecule has 2 aliphatic rings. The Bertz CT molecular complexity index is 1220. The quantitative estimate of drug-likeness (QED) is 0.270. The number of benzene rings is 1. The van der Waals surface area contributed by atoms with Gasteiger partial charge in [0.2, 0.25) is 0 Å². The number of pyridine rings is 1. The van der Waals surface area contributed by atoms with Crippen molar-refractivity contribution in [3.63, 3.8) is 0 Å². The van der Waals surface area contributed by atoms with Crippen molar-refractivity contribution in [2.24, 2.45) is 10.9 Å². The second-order valence-electron chi connectivity index (χ2n) is 7.50. The molecule has 1 aliphatic carbocycles. The largest absolute Gasteiger partial charge is 0.506 e. The molecule has 0 bridgehead atoms. The number of hydrogen-bond donors (Lipinski definition) is 3. The maximum Gasteiger partial charge on any atom is 0.284 e. The van der Waals surface area contributed by atoms with Gasteiger partial charge in [0.15, 0.2) is 5.84 Å². The zero-order valence-electron chi connectivity index (χ0n) is 16.9. The molecular weight excluding hydrogens is 436 g/mol. The Morgan fingerprint density at radius 3 is 3.00 bits per heavy atom. The lowest BCUT2D eigenvalue weighted by atomic mass is 10.1. The minimum absolute atomic E-state index is 0.0689. The van der Waals surface area contributed by atoms with Crippen LogP contribution in [-0.4, -0.2) is 36.1 Å². The molecule has 0 atom stereocenters. The maximum atomic E-state index is 13.4. The first kappa shape index (κ1) is 20.4. The fourth-order valence-corrected chi connectivity index (χ4v) is 5.36. The number of fused-ring (bicyclic) bond motifs is 2. The van der Waals surface area contributed by atoms with E-state index in [1.165, 1.54) is 40.8 Å². The van der Waals surface area contributed by atoms with Crippen LogP contribution in [0, 0.1) is 5.92 Å². The zero-order valence-corrected chi connectivity index (χ0v) is 18.5. The number of nitrogens with one attached hydrogen (secondary N) is 2.